The number of benzene rings is 2. The summed E-state index contributed by atoms with van der Waals surface area (Å²) in [5.41, 5.74) is 1.81. The van der Waals surface area contributed by atoms with Crippen LogP contribution < -0.4 is 20.1 Å². The molecule has 1 aliphatic heterocycles. The fourth-order valence-corrected chi connectivity index (χ4v) is 3.33. The van der Waals surface area contributed by atoms with Crippen molar-refractivity contribution >= 4 is 29.1 Å². The van der Waals surface area contributed by atoms with Gasteiger partial charge in [0, 0.05) is 23.0 Å². The number of esters is 1. The van der Waals surface area contributed by atoms with E-state index >= 15 is 0 Å². The molecule has 34 heavy (non-hydrogen) atoms. The Morgan fingerprint density at radius 3 is 2.68 bits per heavy atom. The van der Waals surface area contributed by atoms with Gasteiger partial charge in [-0.05, 0) is 30.3 Å². The van der Waals surface area contributed by atoms with Crippen LogP contribution in [0.3, 0.4) is 0 Å². The van der Waals surface area contributed by atoms with Crippen LogP contribution in [0.2, 0.25) is 0 Å². The first-order valence-electron chi connectivity index (χ1n) is 10.2. The number of oxazole rings is 1. The average molecular weight is 463 g/mol. The third-order valence-electron chi connectivity index (χ3n) is 4.84. The monoisotopic (exact) mass is 463 g/mol. The number of anilines is 4. The van der Waals surface area contributed by atoms with Crippen molar-refractivity contribution < 1.29 is 27.8 Å². The number of rotatable bonds is 6. The Hall–Kier alpha value is -4.67. The number of halogens is 1. The van der Waals surface area contributed by atoms with Gasteiger partial charge in [-0.25, -0.2) is 19.2 Å². The minimum atomic E-state index is -0.649. The number of nitrogens with one attached hydrogen (secondary N) is 2. The van der Waals surface area contributed by atoms with Gasteiger partial charge in [-0.3, -0.25) is 0 Å². The molecule has 2 N–H and O–H groups in total. The van der Waals surface area contributed by atoms with Crippen LogP contribution in [0, 0.1) is 5.82 Å². The Balaban J connectivity index is 1.42. The number of fused-ring (bicyclic) bond motifs is 1. The zero-order valence-corrected chi connectivity index (χ0v) is 17.9. The van der Waals surface area contributed by atoms with Crippen LogP contribution in [-0.4, -0.2) is 41.2 Å². The number of hydrogen-bond donors (Lipinski definition) is 2. The molecule has 11 heteroatoms. The van der Waals surface area contributed by atoms with E-state index in [0.29, 0.717) is 47.5 Å². The topological polar surface area (TPSA) is 121 Å². The molecule has 1 aliphatic rings. The first kappa shape index (κ1) is 21.2. The average Bonchev–Trinajstić information content (AvgIpc) is 3.40. The van der Waals surface area contributed by atoms with Crippen LogP contribution in [-0.2, 0) is 4.74 Å². The summed E-state index contributed by atoms with van der Waals surface area (Å²) in [4.78, 5) is 24.5. The SMILES string of the molecule is COC(=O)c1cc(Nc2ncc(F)c(Nc3ccc4c(c3)OCCO4)n2)cc(-c2ncco2)c1. The molecule has 0 spiro atoms. The normalized spacial score (nSPS) is 12.2. The molecule has 4 aromatic rings. The Labute approximate surface area is 192 Å². The highest BCUT2D eigenvalue weighted by molar-refractivity contribution is 5.92. The van der Waals surface area contributed by atoms with E-state index in [1.54, 1.807) is 36.4 Å². The van der Waals surface area contributed by atoms with E-state index in [4.69, 9.17) is 18.6 Å². The van der Waals surface area contributed by atoms with Gasteiger partial charge in [-0.2, -0.15) is 4.98 Å². The number of carbonyl (C=O) groups excluding carboxylic acids is 1. The fourth-order valence-electron chi connectivity index (χ4n) is 3.33. The van der Waals surface area contributed by atoms with Crippen LogP contribution in [0.4, 0.5) is 27.5 Å². The van der Waals surface area contributed by atoms with Gasteiger partial charge < -0.3 is 29.3 Å². The van der Waals surface area contributed by atoms with E-state index in [1.807, 2.05) is 0 Å². The van der Waals surface area contributed by atoms with Crippen molar-refractivity contribution in [1.82, 2.24) is 15.0 Å². The van der Waals surface area contributed by atoms with E-state index in [0.717, 1.165) is 6.20 Å². The summed E-state index contributed by atoms with van der Waals surface area (Å²) < 4.78 is 35.7. The van der Waals surface area contributed by atoms with E-state index in [-0.39, 0.29) is 17.3 Å². The molecule has 0 atom stereocenters. The summed E-state index contributed by atoms with van der Waals surface area (Å²) in [6, 6.07) is 9.99. The number of ether oxygens (including phenoxy) is 3. The molecular formula is C23H18FN5O5. The van der Waals surface area contributed by atoms with Crippen molar-refractivity contribution in [3.63, 3.8) is 0 Å². The molecule has 0 bridgehead atoms. The van der Waals surface area contributed by atoms with Gasteiger partial charge in [0.25, 0.3) is 0 Å². The zero-order valence-electron chi connectivity index (χ0n) is 17.9. The second-order valence-corrected chi connectivity index (χ2v) is 7.13. The summed E-state index contributed by atoms with van der Waals surface area (Å²) >= 11 is 0. The lowest BCUT2D eigenvalue weighted by molar-refractivity contribution is 0.0601. The zero-order chi connectivity index (χ0) is 23.5. The van der Waals surface area contributed by atoms with Crippen molar-refractivity contribution in [3.8, 4) is 23.0 Å². The Kier molecular flexibility index (Phi) is 5.65. The minimum Gasteiger partial charge on any atom is -0.486 e. The van der Waals surface area contributed by atoms with E-state index in [1.165, 1.54) is 19.6 Å². The maximum atomic E-state index is 14.4. The predicted octanol–water partition coefficient (Wildman–Crippen LogP) is 4.32. The van der Waals surface area contributed by atoms with Crippen molar-refractivity contribution in [3.05, 3.63) is 66.4 Å². The summed E-state index contributed by atoms with van der Waals surface area (Å²) in [6.45, 7) is 0.913. The highest BCUT2D eigenvalue weighted by atomic mass is 19.1. The lowest BCUT2D eigenvalue weighted by Crippen LogP contribution is -2.15. The summed E-state index contributed by atoms with van der Waals surface area (Å²) in [5.74, 6) is 0.349. The van der Waals surface area contributed by atoms with Crippen molar-refractivity contribution in [1.29, 1.82) is 0 Å². The molecule has 0 amide bonds. The molecule has 0 fully saturated rings. The summed E-state index contributed by atoms with van der Waals surface area (Å²) in [6.07, 6.45) is 3.95. The molecule has 0 saturated carbocycles. The largest absolute Gasteiger partial charge is 0.486 e. The van der Waals surface area contributed by atoms with E-state index in [9.17, 15) is 9.18 Å². The molecule has 0 radical (unpaired) electrons. The highest BCUT2D eigenvalue weighted by Gasteiger charge is 2.16. The van der Waals surface area contributed by atoms with Crippen molar-refractivity contribution in [2.45, 2.75) is 0 Å². The van der Waals surface area contributed by atoms with Gasteiger partial charge in [0.05, 0.1) is 25.1 Å². The third kappa shape index (κ3) is 4.44. The number of hydrogen-bond acceptors (Lipinski definition) is 10. The lowest BCUT2D eigenvalue weighted by Gasteiger charge is -2.19. The standard InChI is InChI=1S/C23H18FN5O5/c1-31-22(30)14-8-13(21-25-4-5-34-21)9-16(10-14)28-23-26-12-17(24)20(29-23)27-15-2-3-18-19(11-15)33-7-6-32-18/h2-5,8-12H,6-7H2,1H3,(H2,26,27,28,29). The molecule has 172 valence electrons. The Morgan fingerprint density at radius 1 is 1.03 bits per heavy atom. The van der Waals surface area contributed by atoms with Crippen LogP contribution in [0.1, 0.15) is 10.4 Å². The number of nitrogens with zero attached hydrogens (tertiary/aromatic N) is 3. The van der Waals surface area contributed by atoms with Crippen LogP contribution in [0.25, 0.3) is 11.5 Å². The van der Waals surface area contributed by atoms with Gasteiger partial charge >= 0.3 is 5.97 Å². The maximum absolute atomic E-state index is 14.4. The minimum absolute atomic E-state index is 0.0498. The summed E-state index contributed by atoms with van der Waals surface area (Å²) in [7, 11) is 1.28. The number of aromatic nitrogens is 3. The fraction of sp³-hybridized carbons (Fsp3) is 0.130. The first-order valence-corrected chi connectivity index (χ1v) is 10.2. The first-order chi connectivity index (χ1) is 16.6. The smallest absolute Gasteiger partial charge is 0.337 e. The second kappa shape index (κ2) is 9.06. The predicted molar refractivity (Wildman–Crippen MR) is 119 cm³/mol. The van der Waals surface area contributed by atoms with Gasteiger partial charge in [0.15, 0.2) is 23.1 Å². The second-order valence-electron chi connectivity index (χ2n) is 7.13. The molecular weight excluding hydrogens is 445 g/mol. The summed E-state index contributed by atoms with van der Waals surface area (Å²) in [5, 5.41) is 5.90. The lowest BCUT2D eigenvalue weighted by atomic mass is 10.1. The van der Waals surface area contributed by atoms with Crippen LogP contribution in [0.15, 0.2) is 59.5 Å². The van der Waals surface area contributed by atoms with E-state index < -0.39 is 11.8 Å². The van der Waals surface area contributed by atoms with Crippen molar-refractivity contribution in [2.24, 2.45) is 0 Å². The van der Waals surface area contributed by atoms with Crippen molar-refractivity contribution in [2.75, 3.05) is 31.0 Å². The van der Waals surface area contributed by atoms with Gasteiger partial charge in [-0.15, -0.1) is 0 Å². The number of methoxy groups -OCH3 is 1. The molecule has 0 saturated heterocycles. The molecule has 0 unspecified atom stereocenters. The van der Waals surface area contributed by atoms with E-state index in [2.05, 4.69) is 25.6 Å². The molecule has 2 aromatic carbocycles. The molecule has 3 heterocycles. The molecule has 5 rings (SSSR count). The van der Waals surface area contributed by atoms with Gasteiger partial charge in [0.1, 0.15) is 19.5 Å². The third-order valence-corrected chi connectivity index (χ3v) is 4.84. The quantitative estimate of drug-likeness (QED) is 0.400. The Bertz CT molecular complexity index is 1350. The maximum Gasteiger partial charge on any atom is 0.337 e. The van der Waals surface area contributed by atoms with Crippen LogP contribution in [0.5, 0.6) is 11.5 Å². The number of carbonyl (C=O) groups is 1. The molecule has 10 nitrogen and oxygen atoms in total. The van der Waals surface area contributed by atoms with Gasteiger partial charge in [0.2, 0.25) is 11.8 Å². The molecule has 0 aliphatic carbocycles. The molecule has 2 aromatic heterocycles. The van der Waals surface area contributed by atoms with Gasteiger partial charge in [-0.1, -0.05) is 0 Å². The highest BCUT2D eigenvalue weighted by Crippen LogP contribution is 2.34. The van der Waals surface area contributed by atoms with Crippen LogP contribution >= 0.6 is 0 Å². The Morgan fingerprint density at radius 2 is 1.88 bits per heavy atom.